The van der Waals surface area contributed by atoms with E-state index in [1.54, 1.807) is 0 Å². The van der Waals surface area contributed by atoms with E-state index < -0.39 is 22.5 Å². The molecule has 0 spiro atoms. The van der Waals surface area contributed by atoms with Gasteiger partial charge in [-0.15, -0.1) is 0 Å². The molecule has 22 heavy (non-hydrogen) atoms. The lowest BCUT2D eigenvalue weighted by Crippen LogP contribution is -2.08. The zero-order valence-corrected chi connectivity index (χ0v) is 14.5. The highest BCUT2D eigenvalue weighted by Gasteiger charge is 2.33. The fourth-order valence-electron chi connectivity index (χ4n) is 2.17. The summed E-state index contributed by atoms with van der Waals surface area (Å²) in [7, 11) is -1.01. The molecule has 1 aromatic carbocycles. The Labute approximate surface area is 144 Å². The molecule has 3 nitrogen and oxygen atoms in total. The Bertz CT molecular complexity index is 783. The fraction of sp³-hybridized carbons (Fsp3) is 0.250. The van der Waals surface area contributed by atoms with Crippen LogP contribution in [0.3, 0.4) is 0 Å². The van der Waals surface area contributed by atoms with Gasteiger partial charge in [0.25, 0.3) is 0 Å². The summed E-state index contributed by atoms with van der Waals surface area (Å²) in [6, 6.07) is 1.61. The quantitative estimate of drug-likeness (QED) is 0.652. The third kappa shape index (κ3) is 2.70. The maximum Gasteiger partial charge on any atom is 0.416 e. The van der Waals surface area contributed by atoms with E-state index in [0.29, 0.717) is 21.8 Å². The van der Waals surface area contributed by atoms with Gasteiger partial charge in [-0.1, -0.05) is 23.2 Å². The first-order chi connectivity index (χ1) is 10.2. The molecular formula is C12H6BrCl2F3N2OS. The molecule has 0 aliphatic carbocycles. The molecule has 0 saturated carbocycles. The Morgan fingerprint density at radius 3 is 2.32 bits per heavy atom. The molecule has 0 N–H and O–H groups in total. The third-order valence-electron chi connectivity index (χ3n) is 3.16. The molecule has 3 rings (SSSR count). The number of aromatic nitrogens is 2. The van der Waals surface area contributed by atoms with Crippen LogP contribution in [0.25, 0.3) is 5.69 Å². The lowest BCUT2D eigenvalue weighted by atomic mass is 10.2. The van der Waals surface area contributed by atoms with Crippen LogP contribution in [0.4, 0.5) is 13.2 Å². The molecule has 1 aliphatic rings. The highest BCUT2D eigenvalue weighted by molar-refractivity contribution is 9.10. The number of hydrogen-bond donors (Lipinski definition) is 0. The average Bonchev–Trinajstić information content (AvgIpc) is 2.87. The minimum absolute atomic E-state index is 0.156. The summed E-state index contributed by atoms with van der Waals surface area (Å²) in [4.78, 5) is 0. The highest BCUT2D eigenvalue weighted by atomic mass is 79.9. The zero-order chi connectivity index (χ0) is 16.2. The number of hydrogen-bond acceptors (Lipinski definition) is 2. The van der Waals surface area contributed by atoms with E-state index in [1.807, 2.05) is 0 Å². The first-order valence-corrected chi connectivity index (χ1v) is 8.90. The molecule has 2 heterocycles. The van der Waals surface area contributed by atoms with Gasteiger partial charge in [-0.25, -0.2) is 4.68 Å². The number of halogens is 6. The Morgan fingerprint density at radius 2 is 1.82 bits per heavy atom. The number of rotatable bonds is 1. The molecule has 1 aliphatic heterocycles. The van der Waals surface area contributed by atoms with E-state index >= 15 is 0 Å². The Hall–Kier alpha value is -0.570. The van der Waals surface area contributed by atoms with Crippen molar-refractivity contribution in [1.29, 1.82) is 0 Å². The number of fused-ring (bicyclic) bond motifs is 1. The van der Waals surface area contributed by atoms with E-state index in [0.717, 1.165) is 17.7 Å². The lowest BCUT2D eigenvalue weighted by molar-refractivity contribution is -0.137. The van der Waals surface area contributed by atoms with Gasteiger partial charge in [0, 0.05) is 16.4 Å². The maximum absolute atomic E-state index is 12.8. The summed E-state index contributed by atoms with van der Waals surface area (Å²) >= 11 is 15.3. The van der Waals surface area contributed by atoms with Gasteiger partial charge >= 0.3 is 6.18 Å². The first-order valence-electron chi connectivity index (χ1n) is 5.86. The van der Waals surface area contributed by atoms with Crippen molar-refractivity contribution in [3.8, 4) is 5.69 Å². The van der Waals surface area contributed by atoms with Gasteiger partial charge in [-0.3, -0.25) is 4.21 Å². The molecular weight excluding hydrogens is 428 g/mol. The molecule has 118 valence electrons. The van der Waals surface area contributed by atoms with Crippen molar-refractivity contribution in [1.82, 2.24) is 9.78 Å². The van der Waals surface area contributed by atoms with Gasteiger partial charge in [0.05, 0.1) is 32.8 Å². The van der Waals surface area contributed by atoms with Crippen molar-refractivity contribution < 1.29 is 17.4 Å². The van der Waals surface area contributed by atoms with Crippen LogP contribution in [-0.4, -0.2) is 14.0 Å². The standard InChI is InChI=1S/C12H6BrCl2F3N2OS/c13-11-6-3-22(21)4-9(6)19-20(11)10-7(14)1-5(2-8(10)15)12(16,17)18/h1-2H,3-4H2. The van der Waals surface area contributed by atoms with Crippen LogP contribution in [0.5, 0.6) is 0 Å². The molecule has 2 aromatic rings. The highest BCUT2D eigenvalue weighted by Crippen LogP contribution is 2.40. The van der Waals surface area contributed by atoms with Crippen LogP contribution in [0, 0.1) is 0 Å². The second-order valence-corrected chi connectivity index (χ2v) is 7.67. The largest absolute Gasteiger partial charge is 0.416 e. The summed E-state index contributed by atoms with van der Waals surface area (Å²) in [5.74, 6) is 0.641. The maximum atomic E-state index is 12.8. The van der Waals surface area contributed by atoms with Crippen LogP contribution in [0.15, 0.2) is 16.7 Å². The lowest BCUT2D eigenvalue weighted by Gasteiger charge is -2.13. The van der Waals surface area contributed by atoms with Gasteiger partial charge in [0.2, 0.25) is 0 Å². The molecule has 1 unspecified atom stereocenters. The predicted octanol–water partition coefficient (Wildman–Crippen LogP) is 4.72. The topological polar surface area (TPSA) is 34.9 Å². The molecule has 0 amide bonds. The predicted molar refractivity (Wildman–Crippen MR) is 81.8 cm³/mol. The van der Waals surface area contributed by atoms with E-state index in [9.17, 15) is 17.4 Å². The van der Waals surface area contributed by atoms with E-state index in [-0.39, 0.29) is 15.7 Å². The normalized spacial score (nSPS) is 17.8. The van der Waals surface area contributed by atoms with Crippen molar-refractivity contribution >= 4 is 49.9 Å². The summed E-state index contributed by atoms with van der Waals surface area (Å²) in [5, 5.41) is 3.92. The number of benzene rings is 1. The second kappa shape index (κ2) is 5.51. The Morgan fingerprint density at radius 1 is 1.23 bits per heavy atom. The molecule has 1 atom stereocenters. The van der Waals surface area contributed by atoms with Crippen molar-refractivity contribution in [3.63, 3.8) is 0 Å². The molecule has 0 fully saturated rings. The van der Waals surface area contributed by atoms with Gasteiger partial charge in [0.1, 0.15) is 10.3 Å². The molecule has 0 saturated heterocycles. The molecule has 1 aromatic heterocycles. The average molecular weight is 434 g/mol. The van der Waals surface area contributed by atoms with Gasteiger partial charge < -0.3 is 0 Å². The summed E-state index contributed by atoms with van der Waals surface area (Å²) in [6.45, 7) is 0. The smallest absolute Gasteiger partial charge is 0.259 e. The molecule has 0 radical (unpaired) electrons. The monoisotopic (exact) mass is 432 g/mol. The minimum atomic E-state index is -4.54. The van der Waals surface area contributed by atoms with Crippen molar-refractivity contribution in [2.24, 2.45) is 0 Å². The van der Waals surface area contributed by atoms with Crippen molar-refractivity contribution in [3.05, 3.63) is 43.6 Å². The van der Waals surface area contributed by atoms with Gasteiger partial charge in [-0.2, -0.15) is 18.3 Å². The van der Waals surface area contributed by atoms with Crippen LogP contribution < -0.4 is 0 Å². The molecule has 0 bridgehead atoms. The third-order valence-corrected chi connectivity index (χ3v) is 5.76. The van der Waals surface area contributed by atoms with Gasteiger partial charge in [0.15, 0.2) is 0 Å². The number of nitrogens with zero attached hydrogens (tertiary/aromatic N) is 2. The Kier molecular flexibility index (Phi) is 4.08. The van der Waals surface area contributed by atoms with Crippen LogP contribution >= 0.6 is 39.1 Å². The second-order valence-electron chi connectivity index (χ2n) is 4.64. The summed E-state index contributed by atoms with van der Waals surface area (Å²) < 4.78 is 51.6. The van der Waals surface area contributed by atoms with E-state index in [1.165, 1.54) is 4.68 Å². The van der Waals surface area contributed by atoms with Crippen LogP contribution in [0.1, 0.15) is 16.8 Å². The van der Waals surface area contributed by atoms with Gasteiger partial charge in [-0.05, 0) is 28.1 Å². The fourth-order valence-corrected chi connectivity index (χ4v) is 4.90. The number of alkyl halides is 3. The SMILES string of the molecule is O=S1Cc2nn(-c3c(Cl)cc(C(F)(F)F)cc3Cl)c(Br)c2C1. The zero-order valence-electron chi connectivity index (χ0n) is 10.5. The summed E-state index contributed by atoms with van der Waals surface area (Å²) in [6.07, 6.45) is -4.54. The first kappa shape index (κ1) is 16.3. The van der Waals surface area contributed by atoms with Crippen LogP contribution in [-0.2, 0) is 28.5 Å². The Balaban J connectivity index is 2.15. The molecule has 10 heteroatoms. The van der Waals surface area contributed by atoms with E-state index in [4.69, 9.17) is 23.2 Å². The van der Waals surface area contributed by atoms with Crippen LogP contribution in [0.2, 0.25) is 10.0 Å². The summed E-state index contributed by atoms with van der Waals surface area (Å²) in [5.41, 5.74) is 0.606. The van der Waals surface area contributed by atoms with Crippen molar-refractivity contribution in [2.45, 2.75) is 17.7 Å². The minimum Gasteiger partial charge on any atom is -0.259 e. The van der Waals surface area contributed by atoms with Crippen molar-refractivity contribution in [2.75, 3.05) is 0 Å². The van der Waals surface area contributed by atoms with E-state index in [2.05, 4.69) is 21.0 Å².